The summed E-state index contributed by atoms with van der Waals surface area (Å²) in [5.74, 6) is 0.378. The van der Waals surface area contributed by atoms with Crippen LogP contribution < -0.4 is 0 Å². The van der Waals surface area contributed by atoms with Gasteiger partial charge in [-0.15, -0.1) is 0 Å². The normalized spacial score (nSPS) is 24.6. The molecule has 3 aliphatic rings. The van der Waals surface area contributed by atoms with Gasteiger partial charge in [-0.05, 0) is 78.7 Å². The second-order valence-corrected chi connectivity index (χ2v) is 13.5. The zero-order valence-electron chi connectivity index (χ0n) is 25.0. The Morgan fingerprint density at radius 1 is 0.881 bits per heavy atom. The number of aliphatic hydroxyl groups is 1. The number of hydrogen-bond donors (Lipinski definition) is 2. The van der Waals surface area contributed by atoms with E-state index in [2.05, 4.69) is 82.6 Å². The van der Waals surface area contributed by atoms with Crippen molar-refractivity contribution in [1.82, 2.24) is 9.80 Å². The number of benzene rings is 3. The Labute approximate surface area is 251 Å². The van der Waals surface area contributed by atoms with Crippen LogP contribution in [0, 0.1) is 11.8 Å². The second kappa shape index (κ2) is 13.3. The van der Waals surface area contributed by atoms with Crippen LogP contribution in [0.1, 0.15) is 74.8 Å². The summed E-state index contributed by atoms with van der Waals surface area (Å²) in [7, 11) is 0. The Morgan fingerprint density at radius 3 is 2.33 bits per heavy atom. The molecule has 5 nitrogen and oxygen atoms in total. The SMILES string of the molecule is O=C(O)[C@@H](C1CCCCC1)N1C[C@H](CN2CCC(O)(CCCc3ccc4ccccc4c3)CC2)[C@@H](c2ccccc2)C1. The van der Waals surface area contributed by atoms with Crippen molar-refractivity contribution in [2.45, 2.75) is 81.8 Å². The third kappa shape index (κ3) is 6.90. The van der Waals surface area contributed by atoms with Crippen molar-refractivity contribution in [3.63, 3.8) is 0 Å². The average molecular weight is 569 g/mol. The Balaban J connectivity index is 1.05. The van der Waals surface area contributed by atoms with Crippen LogP contribution in [0.15, 0.2) is 72.8 Å². The smallest absolute Gasteiger partial charge is 0.321 e. The predicted molar refractivity (Wildman–Crippen MR) is 170 cm³/mol. The number of aliphatic carboxylic acids is 1. The number of hydrogen-bond acceptors (Lipinski definition) is 4. The molecule has 2 saturated heterocycles. The number of carboxylic acid groups (broad SMARTS) is 1. The molecule has 3 aromatic carbocycles. The van der Waals surface area contributed by atoms with Crippen LogP contribution in [0.5, 0.6) is 0 Å². The van der Waals surface area contributed by atoms with Crippen molar-refractivity contribution >= 4 is 16.7 Å². The van der Waals surface area contributed by atoms with Gasteiger partial charge in [-0.25, -0.2) is 0 Å². The summed E-state index contributed by atoms with van der Waals surface area (Å²) in [5, 5.41) is 24.3. The van der Waals surface area contributed by atoms with Gasteiger partial charge in [-0.1, -0.05) is 92.1 Å². The number of rotatable bonds is 10. The molecule has 42 heavy (non-hydrogen) atoms. The van der Waals surface area contributed by atoms with E-state index in [4.69, 9.17) is 0 Å². The topological polar surface area (TPSA) is 64.0 Å². The van der Waals surface area contributed by atoms with Crippen LogP contribution in [0.25, 0.3) is 10.8 Å². The van der Waals surface area contributed by atoms with Crippen LogP contribution in [0.4, 0.5) is 0 Å². The van der Waals surface area contributed by atoms with Gasteiger partial charge in [-0.3, -0.25) is 9.69 Å². The molecule has 3 fully saturated rings. The molecule has 5 heteroatoms. The maximum Gasteiger partial charge on any atom is 0.321 e. The minimum absolute atomic E-state index is 0.269. The molecule has 0 spiro atoms. The second-order valence-electron chi connectivity index (χ2n) is 13.5. The fraction of sp³-hybridized carbons (Fsp3) is 0.541. The third-order valence-electron chi connectivity index (χ3n) is 10.6. The monoisotopic (exact) mass is 568 g/mol. The molecular formula is C37H48N2O3. The summed E-state index contributed by atoms with van der Waals surface area (Å²) < 4.78 is 0. The maximum atomic E-state index is 12.6. The molecule has 6 rings (SSSR count). The first-order chi connectivity index (χ1) is 20.5. The van der Waals surface area contributed by atoms with E-state index >= 15 is 0 Å². The zero-order chi connectivity index (χ0) is 28.9. The standard InChI is InChI=1S/C37H48N2O3/c40-36(41)35(31-14-5-2-6-15-31)39-26-33(34(27-39)30-12-3-1-4-13-30)25-38-22-20-37(42,21-23-38)19-9-10-28-17-18-29-11-7-8-16-32(29)24-28/h1,3-4,7-8,11-13,16-18,24,31,33-35,42H,2,5-6,9-10,14-15,19-23,25-27H2,(H,40,41)/t33-,34+,35+/m0/s1. The largest absolute Gasteiger partial charge is 0.480 e. The van der Waals surface area contributed by atoms with Crippen molar-refractivity contribution in [3.05, 3.63) is 83.9 Å². The number of aryl methyl sites for hydroxylation is 1. The fourth-order valence-electron chi connectivity index (χ4n) is 8.25. The molecule has 2 aliphatic heterocycles. The van der Waals surface area contributed by atoms with Crippen LogP contribution in [0.2, 0.25) is 0 Å². The van der Waals surface area contributed by atoms with Gasteiger partial charge in [0, 0.05) is 38.6 Å². The number of nitrogens with zero attached hydrogens (tertiary/aromatic N) is 2. The molecule has 1 aliphatic carbocycles. The van der Waals surface area contributed by atoms with E-state index in [0.29, 0.717) is 11.8 Å². The van der Waals surface area contributed by atoms with Crippen LogP contribution in [0.3, 0.4) is 0 Å². The highest BCUT2D eigenvalue weighted by atomic mass is 16.4. The molecule has 0 amide bonds. The summed E-state index contributed by atoms with van der Waals surface area (Å²) in [5.41, 5.74) is 2.10. The summed E-state index contributed by atoms with van der Waals surface area (Å²) in [6.07, 6.45) is 10.1. The van der Waals surface area contributed by atoms with E-state index in [-0.39, 0.29) is 12.0 Å². The Bertz CT molecular complexity index is 1310. The molecule has 0 radical (unpaired) electrons. The molecule has 3 aromatic rings. The minimum atomic E-state index is -0.638. The zero-order valence-corrected chi connectivity index (χ0v) is 25.0. The Morgan fingerprint density at radius 2 is 1.60 bits per heavy atom. The van der Waals surface area contributed by atoms with E-state index in [0.717, 1.165) is 90.5 Å². The number of fused-ring (bicyclic) bond motifs is 1. The number of piperidine rings is 1. The van der Waals surface area contributed by atoms with E-state index < -0.39 is 11.6 Å². The summed E-state index contributed by atoms with van der Waals surface area (Å²) >= 11 is 0. The summed E-state index contributed by atoms with van der Waals surface area (Å²) in [6, 6.07) is 25.6. The van der Waals surface area contributed by atoms with Gasteiger partial charge in [0.05, 0.1) is 5.60 Å². The maximum absolute atomic E-state index is 12.6. The highest BCUT2D eigenvalue weighted by Gasteiger charge is 2.43. The molecular weight excluding hydrogens is 520 g/mol. The Kier molecular flexibility index (Phi) is 9.28. The molecule has 0 unspecified atom stereocenters. The number of carboxylic acids is 1. The highest BCUT2D eigenvalue weighted by molar-refractivity contribution is 5.83. The van der Waals surface area contributed by atoms with Gasteiger partial charge in [0.2, 0.25) is 0 Å². The van der Waals surface area contributed by atoms with E-state index in [1.54, 1.807) is 0 Å². The van der Waals surface area contributed by atoms with Gasteiger partial charge in [0.15, 0.2) is 0 Å². The number of carbonyl (C=O) groups is 1. The van der Waals surface area contributed by atoms with Gasteiger partial charge >= 0.3 is 5.97 Å². The molecule has 3 atom stereocenters. The van der Waals surface area contributed by atoms with Crippen molar-refractivity contribution in [3.8, 4) is 0 Å². The fourth-order valence-corrected chi connectivity index (χ4v) is 8.25. The van der Waals surface area contributed by atoms with E-state index in [1.165, 1.54) is 28.3 Å². The van der Waals surface area contributed by atoms with E-state index in [1.807, 2.05) is 0 Å². The molecule has 0 aromatic heterocycles. The van der Waals surface area contributed by atoms with E-state index in [9.17, 15) is 15.0 Å². The van der Waals surface area contributed by atoms with Crippen LogP contribution >= 0.6 is 0 Å². The first-order valence-corrected chi connectivity index (χ1v) is 16.4. The lowest BCUT2D eigenvalue weighted by Gasteiger charge is -2.40. The number of likely N-dealkylation sites (tertiary alicyclic amines) is 2. The molecule has 224 valence electrons. The Hall–Kier alpha value is -2.73. The lowest BCUT2D eigenvalue weighted by atomic mass is 9.83. The molecule has 2 N–H and O–H groups in total. The van der Waals surface area contributed by atoms with Gasteiger partial charge in [-0.2, -0.15) is 0 Å². The quantitative estimate of drug-likeness (QED) is 0.284. The lowest BCUT2D eigenvalue weighted by molar-refractivity contribution is -0.145. The summed E-state index contributed by atoms with van der Waals surface area (Å²) in [6.45, 7) is 4.47. The summed E-state index contributed by atoms with van der Waals surface area (Å²) in [4.78, 5) is 17.4. The predicted octanol–water partition coefficient (Wildman–Crippen LogP) is 6.74. The van der Waals surface area contributed by atoms with Gasteiger partial charge in [0.1, 0.15) is 6.04 Å². The van der Waals surface area contributed by atoms with Crippen LogP contribution in [-0.4, -0.2) is 70.3 Å². The van der Waals surface area contributed by atoms with Crippen molar-refractivity contribution in [2.24, 2.45) is 11.8 Å². The highest BCUT2D eigenvalue weighted by Crippen LogP contribution is 2.39. The van der Waals surface area contributed by atoms with Crippen molar-refractivity contribution < 1.29 is 15.0 Å². The van der Waals surface area contributed by atoms with Gasteiger partial charge < -0.3 is 15.1 Å². The van der Waals surface area contributed by atoms with Crippen molar-refractivity contribution in [1.29, 1.82) is 0 Å². The van der Waals surface area contributed by atoms with Gasteiger partial charge in [0.25, 0.3) is 0 Å². The lowest BCUT2D eigenvalue weighted by Crippen LogP contribution is -2.47. The van der Waals surface area contributed by atoms with Crippen molar-refractivity contribution in [2.75, 3.05) is 32.7 Å². The average Bonchev–Trinajstić information content (AvgIpc) is 3.42. The molecule has 0 bridgehead atoms. The first-order valence-electron chi connectivity index (χ1n) is 16.4. The molecule has 2 heterocycles. The minimum Gasteiger partial charge on any atom is -0.480 e. The first kappa shape index (κ1) is 29.3. The third-order valence-corrected chi connectivity index (χ3v) is 10.6. The van der Waals surface area contributed by atoms with Crippen LogP contribution in [-0.2, 0) is 11.2 Å². The molecule has 1 saturated carbocycles.